The summed E-state index contributed by atoms with van der Waals surface area (Å²) in [6.07, 6.45) is 3.31. The molecule has 8 nitrogen and oxygen atoms in total. The number of carbonyl (C=O) groups is 1. The van der Waals surface area contributed by atoms with Crippen molar-refractivity contribution in [3.05, 3.63) is 53.9 Å². The van der Waals surface area contributed by atoms with Crippen LogP contribution in [0.5, 0.6) is 5.75 Å². The third kappa shape index (κ3) is 3.80. The van der Waals surface area contributed by atoms with E-state index >= 15 is 0 Å². The first-order chi connectivity index (χ1) is 13.0. The van der Waals surface area contributed by atoms with E-state index in [1.807, 2.05) is 6.07 Å². The van der Waals surface area contributed by atoms with Gasteiger partial charge in [-0.25, -0.2) is 13.2 Å². The first kappa shape index (κ1) is 19.3. The first-order valence-corrected chi connectivity index (χ1v) is 9.82. The minimum absolute atomic E-state index is 0.00782. The molecule has 3 rings (SSSR count). The average Bonchev–Trinajstić information content (AvgIpc) is 2.73. The van der Waals surface area contributed by atoms with Gasteiger partial charge in [0, 0.05) is 32.0 Å². The van der Waals surface area contributed by atoms with Crippen molar-refractivity contribution in [2.45, 2.75) is 10.9 Å². The molecule has 1 aliphatic heterocycles. The molecule has 1 unspecified atom stereocenters. The molecule has 1 aromatic carbocycles. The van der Waals surface area contributed by atoms with Gasteiger partial charge in [0.1, 0.15) is 10.6 Å². The summed E-state index contributed by atoms with van der Waals surface area (Å²) in [6.45, 7) is 1.33. The second kappa shape index (κ2) is 8.03. The predicted octanol–water partition coefficient (Wildman–Crippen LogP) is 1.21. The maximum atomic E-state index is 13.4. The summed E-state index contributed by atoms with van der Waals surface area (Å²) in [7, 11) is -1.23. The number of nitrogens with zero attached hydrogens (tertiary/aromatic N) is 2. The second-order valence-corrected chi connectivity index (χ2v) is 7.84. The summed E-state index contributed by atoms with van der Waals surface area (Å²) in [4.78, 5) is 15.8. The predicted molar refractivity (Wildman–Crippen MR) is 98.1 cm³/mol. The number of benzene rings is 1. The Labute approximate surface area is 158 Å². The fourth-order valence-electron chi connectivity index (χ4n) is 3.08. The van der Waals surface area contributed by atoms with Gasteiger partial charge in [-0.05, 0) is 29.8 Å². The Hall–Kier alpha value is -2.49. The zero-order valence-electron chi connectivity index (χ0n) is 15.1. The number of hydrogen-bond donors (Lipinski definition) is 1. The number of methoxy groups -OCH3 is 2. The Morgan fingerprint density at radius 2 is 2.11 bits per heavy atom. The fourth-order valence-corrected chi connectivity index (χ4v) is 4.83. The zero-order valence-corrected chi connectivity index (χ0v) is 15.9. The third-order valence-electron chi connectivity index (χ3n) is 4.43. The molecule has 1 N–H and O–H groups in total. The van der Waals surface area contributed by atoms with Gasteiger partial charge in [0.25, 0.3) is 0 Å². The van der Waals surface area contributed by atoms with Crippen LogP contribution in [-0.2, 0) is 14.8 Å². The topological polar surface area (TPSA) is 97.8 Å². The molecule has 1 aliphatic rings. The molecular weight excluding hydrogens is 370 g/mol. The molecule has 0 aliphatic carbocycles. The van der Waals surface area contributed by atoms with Crippen molar-refractivity contribution >= 4 is 16.0 Å². The summed E-state index contributed by atoms with van der Waals surface area (Å²) in [5.74, 6) is -0.464. The molecule has 1 aromatic heterocycles. The Morgan fingerprint density at radius 3 is 2.78 bits per heavy atom. The molecule has 2 aromatic rings. The lowest BCUT2D eigenvalue weighted by Gasteiger charge is -2.35. The lowest BCUT2D eigenvalue weighted by Crippen LogP contribution is -2.48. The fraction of sp³-hybridized carbons (Fsp3) is 0.333. The van der Waals surface area contributed by atoms with Gasteiger partial charge in [0.05, 0.1) is 25.8 Å². The summed E-state index contributed by atoms with van der Waals surface area (Å²) in [5.41, 5.74) is 1.02. The van der Waals surface area contributed by atoms with Crippen LogP contribution < -0.4 is 10.1 Å². The lowest BCUT2D eigenvalue weighted by atomic mass is 10.1. The number of sulfonamides is 1. The molecule has 2 heterocycles. The van der Waals surface area contributed by atoms with Crippen molar-refractivity contribution in [3.63, 3.8) is 0 Å². The maximum absolute atomic E-state index is 13.4. The number of pyridine rings is 1. The molecule has 27 heavy (non-hydrogen) atoms. The number of carbonyl (C=O) groups excluding carboxylic acids is 1. The molecule has 1 saturated heterocycles. The van der Waals surface area contributed by atoms with Gasteiger partial charge in [-0.2, -0.15) is 4.31 Å². The van der Waals surface area contributed by atoms with Crippen LogP contribution in [0.2, 0.25) is 0 Å². The van der Waals surface area contributed by atoms with Gasteiger partial charge in [-0.15, -0.1) is 0 Å². The summed E-state index contributed by atoms with van der Waals surface area (Å²) < 4.78 is 38.1. The van der Waals surface area contributed by atoms with E-state index in [4.69, 9.17) is 4.74 Å². The summed E-state index contributed by atoms with van der Waals surface area (Å²) >= 11 is 0. The Kier molecular flexibility index (Phi) is 5.73. The Morgan fingerprint density at radius 1 is 1.30 bits per heavy atom. The van der Waals surface area contributed by atoms with Gasteiger partial charge in [0.2, 0.25) is 10.0 Å². The molecule has 144 valence electrons. The van der Waals surface area contributed by atoms with Crippen LogP contribution in [0, 0.1) is 0 Å². The van der Waals surface area contributed by atoms with Crippen LogP contribution in [0.25, 0.3) is 0 Å². The summed E-state index contributed by atoms with van der Waals surface area (Å²) in [5, 5.41) is 3.22. The molecule has 0 spiro atoms. The van der Waals surface area contributed by atoms with Crippen molar-refractivity contribution in [2.75, 3.05) is 33.9 Å². The van der Waals surface area contributed by atoms with Crippen molar-refractivity contribution in [2.24, 2.45) is 0 Å². The molecule has 1 fully saturated rings. The highest BCUT2D eigenvalue weighted by molar-refractivity contribution is 7.89. The average molecular weight is 391 g/mol. The van der Waals surface area contributed by atoms with E-state index in [-0.39, 0.29) is 22.3 Å². The van der Waals surface area contributed by atoms with Gasteiger partial charge in [-0.3, -0.25) is 4.98 Å². The van der Waals surface area contributed by atoms with Crippen LogP contribution in [0.3, 0.4) is 0 Å². The molecule has 0 radical (unpaired) electrons. The molecular formula is C18H21N3O5S. The Balaban J connectivity index is 2.03. The van der Waals surface area contributed by atoms with E-state index in [2.05, 4.69) is 15.0 Å². The monoisotopic (exact) mass is 391 g/mol. The van der Waals surface area contributed by atoms with Crippen molar-refractivity contribution in [1.29, 1.82) is 0 Å². The van der Waals surface area contributed by atoms with Crippen LogP contribution in [0.15, 0.2) is 47.6 Å². The number of nitrogens with one attached hydrogen (secondary N) is 1. The molecule has 9 heteroatoms. The number of esters is 1. The molecule has 1 atom stereocenters. The lowest BCUT2D eigenvalue weighted by molar-refractivity contribution is 0.0600. The summed E-state index contributed by atoms with van der Waals surface area (Å²) in [6, 6.07) is 7.42. The number of aromatic nitrogens is 1. The molecule has 0 bridgehead atoms. The number of rotatable bonds is 5. The van der Waals surface area contributed by atoms with Crippen LogP contribution >= 0.6 is 0 Å². The van der Waals surface area contributed by atoms with E-state index in [0.29, 0.717) is 19.6 Å². The van der Waals surface area contributed by atoms with Gasteiger partial charge >= 0.3 is 5.97 Å². The SMILES string of the molecule is COC(=O)c1ccc(S(=O)(=O)N2CCNCC2c2cccnc2)c(OC)c1. The van der Waals surface area contributed by atoms with E-state index in [1.165, 1.54) is 36.7 Å². The highest BCUT2D eigenvalue weighted by atomic mass is 32.2. The standard InChI is InChI=1S/C18H21N3O5S/c1-25-16-10-13(18(22)26-2)5-6-17(16)27(23,24)21-9-8-20-12-15(21)14-4-3-7-19-11-14/h3-7,10-11,15,20H,8-9,12H2,1-2H3. The Bertz CT molecular complexity index is 918. The number of piperazine rings is 1. The third-order valence-corrected chi connectivity index (χ3v) is 6.38. The zero-order chi connectivity index (χ0) is 19.4. The highest BCUT2D eigenvalue weighted by Gasteiger charge is 2.36. The number of hydrogen-bond acceptors (Lipinski definition) is 7. The highest BCUT2D eigenvalue weighted by Crippen LogP contribution is 2.33. The smallest absolute Gasteiger partial charge is 0.337 e. The van der Waals surface area contributed by atoms with Crippen LogP contribution in [0.1, 0.15) is 22.0 Å². The van der Waals surface area contributed by atoms with E-state index in [0.717, 1.165) is 5.56 Å². The van der Waals surface area contributed by atoms with Gasteiger partial charge in [-0.1, -0.05) is 6.07 Å². The molecule has 0 saturated carbocycles. The van der Waals surface area contributed by atoms with Crippen LogP contribution in [-0.4, -0.2) is 57.5 Å². The quantitative estimate of drug-likeness (QED) is 0.765. The van der Waals surface area contributed by atoms with Crippen molar-refractivity contribution in [3.8, 4) is 5.75 Å². The minimum atomic E-state index is -3.86. The van der Waals surface area contributed by atoms with E-state index < -0.39 is 16.0 Å². The normalized spacial score (nSPS) is 18.1. The van der Waals surface area contributed by atoms with Gasteiger partial charge in [0.15, 0.2) is 0 Å². The largest absolute Gasteiger partial charge is 0.495 e. The van der Waals surface area contributed by atoms with E-state index in [9.17, 15) is 13.2 Å². The number of ether oxygens (including phenoxy) is 2. The molecule has 0 amide bonds. The van der Waals surface area contributed by atoms with Crippen LogP contribution in [0.4, 0.5) is 0 Å². The maximum Gasteiger partial charge on any atom is 0.337 e. The van der Waals surface area contributed by atoms with Crippen molar-refractivity contribution in [1.82, 2.24) is 14.6 Å². The second-order valence-electron chi connectivity index (χ2n) is 5.98. The minimum Gasteiger partial charge on any atom is -0.495 e. The van der Waals surface area contributed by atoms with E-state index in [1.54, 1.807) is 18.5 Å². The van der Waals surface area contributed by atoms with Gasteiger partial charge < -0.3 is 14.8 Å². The van der Waals surface area contributed by atoms with Crippen molar-refractivity contribution < 1.29 is 22.7 Å². The first-order valence-electron chi connectivity index (χ1n) is 8.38.